The molecule has 2 aromatic heterocycles. The molecule has 0 amide bonds. The molecule has 0 aliphatic rings. The highest BCUT2D eigenvalue weighted by Crippen LogP contribution is 2.30. The molecule has 0 spiro atoms. The number of nitrogens with two attached hydrogens (primary N) is 1. The Hall–Kier alpha value is -2.40. The minimum Gasteiger partial charge on any atom is -0.383 e. The van der Waals surface area contributed by atoms with E-state index in [2.05, 4.69) is 15.3 Å². The van der Waals surface area contributed by atoms with Gasteiger partial charge in [-0.05, 0) is 24.6 Å². The lowest BCUT2D eigenvalue weighted by molar-refractivity contribution is 0.812. The molecule has 0 aliphatic heterocycles. The highest BCUT2D eigenvalue weighted by molar-refractivity contribution is 6.29. The Morgan fingerprint density at radius 2 is 1.80 bits per heavy atom. The van der Waals surface area contributed by atoms with Crippen molar-refractivity contribution in [2.24, 2.45) is 0 Å². The Bertz CT molecular complexity index is 734. The number of hydrogen-bond donors (Lipinski definition) is 1. The van der Waals surface area contributed by atoms with Gasteiger partial charge in [-0.3, -0.25) is 0 Å². The van der Waals surface area contributed by atoms with E-state index in [1.807, 2.05) is 37.3 Å². The number of benzene rings is 1. The lowest BCUT2D eigenvalue weighted by atomic mass is 10.1. The summed E-state index contributed by atoms with van der Waals surface area (Å²) in [6.45, 7) is 1.92. The van der Waals surface area contributed by atoms with Crippen LogP contribution < -0.4 is 5.73 Å². The predicted octanol–water partition coefficient (Wildman–Crippen LogP) is 2.87. The van der Waals surface area contributed by atoms with Crippen LogP contribution in [0.1, 0.15) is 5.69 Å². The van der Waals surface area contributed by atoms with Crippen LogP contribution in [0.15, 0.2) is 42.5 Å². The quantitative estimate of drug-likeness (QED) is 0.786. The molecule has 0 saturated carbocycles. The molecule has 100 valence electrons. The van der Waals surface area contributed by atoms with E-state index < -0.39 is 0 Å². The van der Waals surface area contributed by atoms with Gasteiger partial charge in [-0.1, -0.05) is 41.9 Å². The summed E-state index contributed by atoms with van der Waals surface area (Å²) in [7, 11) is 0. The van der Waals surface area contributed by atoms with Crippen molar-refractivity contribution in [3.8, 4) is 16.9 Å². The third kappa shape index (κ3) is 2.12. The standard InChI is InChI=1S/C14H12ClN5/c1-9-13(10-5-3-2-4-6-10)14(16)20(19-9)12-8-7-11(15)17-18-12/h2-8H,16H2,1H3. The van der Waals surface area contributed by atoms with Crippen molar-refractivity contribution in [2.75, 3.05) is 5.73 Å². The maximum absolute atomic E-state index is 6.21. The van der Waals surface area contributed by atoms with Crippen molar-refractivity contribution in [1.82, 2.24) is 20.0 Å². The molecule has 2 N–H and O–H groups in total. The topological polar surface area (TPSA) is 69.6 Å². The largest absolute Gasteiger partial charge is 0.383 e. The van der Waals surface area contributed by atoms with Gasteiger partial charge in [0.2, 0.25) is 0 Å². The van der Waals surface area contributed by atoms with E-state index >= 15 is 0 Å². The molecular formula is C14H12ClN5. The summed E-state index contributed by atoms with van der Waals surface area (Å²) in [6, 6.07) is 13.3. The minimum absolute atomic E-state index is 0.333. The van der Waals surface area contributed by atoms with E-state index in [9.17, 15) is 0 Å². The van der Waals surface area contributed by atoms with Gasteiger partial charge in [0.25, 0.3) is 0 Å². The van der Waals surface area contributed by atoms with Crippen LogP contribution in [-0.4, -0.2) is 20.0 Å². The average Bonchev–Trinajstić information content (AvgIpc) is 2.76. The van der Waals surface area contributed by atoms with Crippen LogP contribution in [0.3, 0.4) is 0 Å². The summed E-state index contributed by atoms with van der Waals surface area (Å²) in [4.78, 5) is 0. The Labute approximate surface area is 121 Å². The molecule has 3 rings (SSSR count). The number of nitrogens with zero attached hydrogens (tertiary/aromatic N) is 4. The van der Waals surface area contributed by atoms with Gasteiger partial charge in [0.15, 0.2) is 11.0 Å². The fraction of sp³-hybridized carbons (Fsp3) is 0.0714. The second kappa shape index (κ2) is 4.94. The molecule has 3 aromatic rings. The summed E-state index contributed by atoms with van der Waals surface area (Å²) in [5, 5.41) is 12.6. The van der Waals surface area contributed by atoms with Gasteiger partial charge in [0, 0.05) is 5.56 Å². The summed E-state index contributed by atoms with van der Waals surface area (Å²) in [6.07, 6.45) is 0. The molecule has 0 aliphatic carbocycles. The fourth-order valence-corrected chi connectivity index (χ4v) is 2.20. The number of hydrogen-bond acceptors (Lipinski definition) is 4. The van der Waals surface area contributed by atoms with Crippen LogP contribution in [-0.2, 0) is 0 Å². The summed E-state index contributed by atoms with van der Waals surface area (Å²) >= 11 is 5.74. The van der Waals surface area contributed by atoms with Crippen LogP contribution in [0.5, 0.6) is 0 Å². The molecule has 6 heteroatoms. The van der Waals surface area contributed by atoms with Crippen molar-refractivity contribution in [2.45, 2.75) is 6.92 Å². The molecule has 20 heavy (non-hydrogen) atoms. The van der Waals surface area contributed by atoms with Crippen molar-refractivity contribution in [3.63, 3.8) is 0 Å². The third-order valence-electron chi connectivity index (χ3n) is 2.99. The highest BCUT2D eigenvalue weighted by Gasteiger charge is 2.16. The van der Waals surface area contributed by atoms with Gasteiger partial charge in [0.1, 0.15) is 5.82 Å². The first kappa shape index (κ1) is 12.6. The maximum atomic E-state index is 6.21. The summed E-state index contributed by atoms with van der Waals surface area (Å²) in [5.41, 5.74) is 8.97. The van der Waals surface area contributed by atoms with Gasteiger partial charge < -0.3 is 5.73 Å². The summed E-state index contributed by atoms with van der Waals surface area (Å²) in [5.74, 6) is 1.07. The average molecular weight is 286 g/mol. The monoisotopic (exact) mass is 285 g/mol. The zero-order chi connectivity index (χ0) is 14.1. The molecule has 0 fully saturated rings. The van der Waals surface area contributed by atoms with Gasteiger partial charge in [-0.15, -0.1) is 10.2 Å². The molecule has 0 radical (unpaired) electrons. The zero-order valence-electron chi connectivity index (χ0n) is 10.8. The fourth-order valence-electron chi connectivity index (χ4n) is 2.10. The first-order valence-electron chi connectivity index (χ1n) is 6.07. The van der Waals surface area contributed by atoms with E-state index in [1.54, 1.807) is 16.8 Å². The number of aryl methyl sites for hydroxylation is 1. The predicted molar refractivity (Wildman–Crippen MR) is 78.7 cm³/mol. The second-order valence-electron chi connectivity index (χ2n) is 4.34. The zero-order valence-corrected chi connectivity index (χ0v) is 11.5. The number of nitrogen functional groups attached to an aromatic ring is 1. The molecule has 0 unspecified atom stereocenters. The van der Waals surface area contributed by atoms with E-state index in [0.717, 1.165) is 16.8 Å². The van der Waals surface area contributed by atoms with Crippen molar-refractivity contribution in [3.05, 3.63) is 53.3 Å². The van der Waals surface area contributed by atoms with Crippen LogP contribution >= 0.6 is 11.6 Å². The van der Waals surface area contributed by atoms with Crippen molar-refractivity contribution in [1.29, 1.82) is 0 Å². The lowest BCUT2D eigenvalue weighted by Gasteiger charge is -2.04. The Balaban J connectivity index is 2.14. The maximum Gasteiger partial charge on any atom is 0.178 e. The van der Waals surface area contributed by atoms with Crippen LogP contribution in [0, 0.1) is 6.92 Å². The Kier molecular flexibility index (Phi) is 3.12. The highest BCUT2D eigenvalue weighted by atomic mass is 35.5. The van der Waals surface area contributed by atoms with Gasteiger partial charge in [0.05, 0.1) is 5.69 Å². The summed E-state index contributed by atoms with van der Waals surface area (Å²) < 4.78 is 1.57. The molecular weight excluding hydrogens is 274 g/mol. The lowest BCUT2D eigenvalue weighted by Crippen LogP contribution is -2.05. The molecule has 0 saturated heterocycles. The van der Waals surface area contributed by atoms with Crippen LogP contribution in [0.2, 0.25) is 5.15 Å². The third-order valence-corrected chi connectivity index (χ3v) is 3.20. The number of aromatic nitrogens is 4. The van der Waals surface area contributed by atoms with Crippen LogP contribution in [0.4, 0.5) is 5.82 Å². The number of anilines is 1. The smallest absolute Gasteiger partial charge is 0.178 e. The van der Waals surface area contributed by atoms with E-state index in [1.165, 1.54) is 0 Å². The molecule has 2 heterocycles. The Morgan fingerprint density at radius 3 is 2.45 bits per heavy atom. The second-order valence-corrected chi connectivity index (χ2v) is 4.72. The van der Waals surface area contributed by atoms with Crippen LogP contribution in [0.25, 0.3) is 16.9 Å². The SMILES string of the molecule is Cc1nn(-c2ccc(Cl)nn2)c(N)c1-c1ccccc1. The normalized spacial score (nSPS) is 10.7. The van der Waals surface area contributed by atoms with E-state index in [4.69, 9.17) is 17.3 Å². The molecule has 0 atom stereocenters. The molecule has 0 bridgehead atoms. The van der Waals surface area contributed by atoms with Gasteiger partial charge in [-0.2, -0.15) is 9.78 Å². The van der Waals surface area contributed by atoms with Crippen molar-refractivity contribution >= 4 is 17.4 Å². The number of halogens is 1. The minimum atomic E-state index is 0.333. The molecule has 1 aromatic carbocycles. The number of rotatable bonds is 2. The first-order valence-corrected chi connectivity index (χ1v) is 6.45. The van der Waals surface area contributed by atoms with Gasteiger partial charge >= 0.3 is 0 Å². The van der Waals surface area contributed by atoms with E-state index in [-0.39, 0.29) is 0 Å². The van der Waals surface area contributed by atoms with Gasteiger partial charge in [-0.25, -0.2) is 0 Å². The first-order chi connectivity index (χ1) is 9.66. The van der Waals surface area contributed by atoms with E-state index in [0.29, 0.717) is 16.8 Å². The Morgan fingerprint density at radius 1 is 1.05 bits per heavy atom. The molecule has 5 nitrogen and oxygen atoms in total. The van der Waals surface area contributed by atoms with Crippen molar-refractivity contribution < 1.29 is 0 Å².